The molecule has 3 aromatic rings. The summed E-state index contributed by atoms with van der Waals surface area (Å²) in [5.74, 6) is -3.75. The highest BCUT2D eigenvalue weighted by Crippen LogP contribution is 2.30. The number of nitrogens with zero attached hydrogens (tertiary/aromatic N) is 1. The van der Waals surface area contributed by atoms with Crippen molar-refractivity contribution < 1.29 is 57.1 Å². The molecule has 6 atom stereocenters. The van der Waals surface area contributed by atoms with Gasteiger partial charge < -0.3 is 33.2 Å². The smallest absolute Gasteiger partial charge is 0.333 e. The summed E-state index contributed by atoms with van der Waals surface area (Å²) in [4.78, 5) is 66.9. The molecule has 13 heteroatoms. The SMILES string of the molecule is CC(=O)OC[C@H]1O[C@@H](OC[C@H](N=C(c2ccccc2)c2ccccc2)C(=O)OCc2ccccc2)[C@H](OC(C)=O)[C@@H](OC(C)=O)[C@H]1OC(C)=O. The summed E-state index contributed by atoms with van der Waals surface area (Å²) in [5.41, 5.74) is 2.65. The van der Waals surface area contributed by atoms with Gasteiger partial charge in [0.2, 0.25) is 0 Å². The van der Waals surface area contributed by atoms with Crippen LogP contribution in [0.25, 0.3) is 0 Å². The van der Waals surface area contributed by atoms with E-state index in [2.05, 4.69) is 0 Å². The Morgan fingerprint density at radius 2 is 1.14 bits per heavy atom. The van der Waals surface area contributed by atoms with Crippen molar-refractivity contribution in [3.05, 3.63) is 108 Å². The van der Waals surface area contributed by atoms with Crippen molar-refractivity contribution in [2.24, 2.45) is 4.99 Å². The van der Waals surface area contributed by atoms with Crippen LogP contribution in [0, 0.1) is 0 Å². The van der Waals surface area contributed by atoms with Crippen molar-refractivity contribution in [1.82, 2.24) is 0 Å². The summed E-state index contributed by atoms with van der Waals surface area (Å²) in [7, 11) is 0. The highest BCUT2D eigenvalue weighted by molar-refractivity contribution is 6.13. The van der Waals surface area contributed by atoms with Crippen LogP contribution < -0.4 is 0 Å². The van der Waals surface area contributed by atoms with Gasteiger partial charge in [0.05, 0.1) is 12.3 Å². The van der Waals surface area contributed by atoms with E-state index in [1.54, 1.807) is 12.1 Å². The molecule has 50 heavy (non-hydrogen) atoms. The van der Waals surface area contributed by atoms with Crippen LogP contribution in [0.3, 0.4) is 0 Å². The summed E-state index contributed by atoms with van der Waals surface area (Å²) >= 11 is 0. The van der Waals surface area contributed by atoms with Gasteiger partial charge in [0.25, 0.3) is 0 Å². The number of rotatable bonds is 14. The highest BCUT2D eigenvalue weighted by atomic mass is 16.7. The summed E-state index contributed by atoms with van der Waals surface area (Å²) < 4.78 is 39.4. The maximum absolute atomic E-state index is 13.8. The molecule has 0 radical (unpaired) electrons. The van der Waals surface area contributed by atoms with E-state index in [1.165, 1.54) is 6.92 Å². The molecule has 13 nitrogen and oxygen atoms in total. The van der Waals surface area contributed by atoms with E-state index in [0.717, 1.165) is 26.3 Å². The zero-order chi connectivity index (χ0) is 36.0. The fourth-order valence-electron chi connectivity index (χ4n) is 5.16. The maximum Gasteiger partial charge on any atom is 0.333 e. The van der Waals surface area contributed by atoms with Crippen molar-refractivity contribution in [2.45, 2.75) is 71.0 Å². The minimum atomic E-state index is -1.52. The van der Waals surface area contributed by atoms with Crippen LogP contribution >= 0.6 is 0 Å². The number of hydrogen-bond donors (Lipinski definition) is 0. The van der Waals surface area contributed by atoms with E-state index in [4.69, 9.17) is 38.2 Å². The molecule has 0 saturated carbocycles. The first-order chi connectivity index (χ1) is 24.0. The zero-order valence-corrected chi connectivity index (χ0v) is 28.1. The second-order valence-corrected chi connectivity index (χ2v) is 11.2. The van der Waals surface area contributed by atoms with Crippen LogP contribution in [0.2, 0.25) is 0 Å². The molecule has 1 fully saturated rings. The molecule has 0 amide bonds. The molecule has 1 saturated heterocycles. The van der Waals surface area contributed by atoms with Gasteiger partial charge >= 0.3 is 29.8 Å². The van der Waals surface area contributed by atoms with Gasteiger partial charge in [0.15, 0.2) is 30.6 Å². The summed E-state index contributed by atoms with van der Waals surface area (Å²) in [5, 5.41) is 0. The second kappa shape index (κ2) is 18.4. The molecule has 1 aliphatic heterocycles. The summed E-state index contributed by atoms with van der Waals surface area (Å²) in [6.45, 7) is 3.57. The van der Waals surface area contributed by atoms with E-state index in [-0.39, 0.29) is 6.61 Å². The number of benzene rings is 3. The number of carbonyl (C=O) groups excluding carboxylic acids is 5. The van der Waals surface area contributed by atoms with Gasteiger partial charge in [0.1, 0.15) is 19.3 Å². The fraction of sp³-hybridized carbons (Fsp3) is 0.351. The normalized spacial score (nSPS) is 20.4. The van der Waals surface area contributed by atoms with Crippen molar-refractivity contribution in [2.75, 3.05) is 13.2 Å². The van der Waals surface area contributed by atoms with E-state index >= 15 is 0 Å². The molecule has 0 bridgehead atoms. The molecular formula is C37H39NO12. The predicted octanol–water partition coefficient (Wildman–Crippen LogP) is 3.74. The Hall–Kier alpha value is -5.40. The lowest BCUT2D eigenvalue weighted by Crippen LogP contribution is -2.63. The van der Waals surface area contributed by atoms with Crippen LogP contribution in [0.1, 0.15) is 44.4 Å². The third-order valence-electron chi connectivity index (χ3n) is 7.24. The monoisotopic (exact) mass is 689 g/mol. The lowest BCUT2D eigenvalue weighted by atomic mass is 9.98. The van der Waals surface area contributed by atoms with Crippen LogP contribution in [0.4, 0.5) is 0 Å². The molecule has 4 rings (SSSR count). The maximum atomic E-state index is 13.8. The molecule has 1 heterocycles. The average Bonchev–Trinajstić information content (AvgIpc) is 3.09. The quantitative estimate of drug-likeness (QED) is 0.137. The highest BCUT2D eigenvalue weighted by Gasteiger charge is 2.53. The van der Waals surface area contributed by atoms with Gasteiger partial charge in [-0.05, 0) is 5.56 Å². The number of ether oxygens (including phenoxy) is 7. The molecule has 3 aromatic carbocycles. The molecular weight excluding hydrogens is 650 g/mol. The number of aliphatic imine (C=N–C) groups is 1. The molecule has 1 aliphatic rings. The lowest BCUT2D eigenvalue weighted by Gasteiger charge is -2.44. The fourth-order valence-corrected chi connectivity index (χ4v) is 5.16. The first-order valence-corrected chi connectivity index (χ1v) is 15.8. The van der Waals surface area contributed by atoms with Gasteiger partial charge in [0, 0.05) is 38.8 Å². The van der Waals surface area contributed by atoms with Crippen molar-refractivity contribution in [3.8, 4) is 0 Å². The molecule has 264 valence electrons. The van der Waals surface area contributed by atoms with Crippen molar-refractivity contribution in [3.63, 3.8) is 0 Å². The molecule has 0 unspecified atom stereocenters. The zero-order valence-electron chi connectivity index (χ0n) is 28.1. The predicted molar refractivity (Wildman–Crippen MR) is 176 cm³/mol. The number of hydrogen-bond acceptors (Lipinski definition) is 13. The summed E-state index contributed by atoms with van der Waals surface area (Å²) in [6.07, 6.45) is -7.06. The topological polar surface area (TPSA) is 162 Å². The van der Waals surface area contributed by atoms with E-state index in [0.29, 0.717) is 16.8 Å². The van der Waals surface area contributed by atoms with Crippen LogP contribution in [0.5, 0.6) is 0 Å². The minimum Gasteiger partial charge on any atom is -0.463 e. The second-order valence-electron chi connectivity index (χ2n) is 11.2. The van der Waals surface area contributed by atoms with Gasteiger partial charge in [-0.15, -0.1) is 0 Å². The molecule has 0 aromatic heterocycles. The minimum absolute atomic E-state index is 0.0449. The first-order valence-electron chi connectivity index (χ1n) is 15.8. The Bertz CT molecular complexity index is 1590. The average molecular weight is 690 g/mol. The van der Waals surface area contributed by atoms with Crippen molar-refractivity contribution in [1.29, 1.82) is 0 Å². The summed E-state index contributed by atoms with van der Waals surface area (Å²) in [6, 6.07) is 26.2. The van der Waals surface area contributed by atoms with E-state index < -0.39 is 79.8 Å². The standard InChI is InChI=1S/C37H39NO12/c1-23(39)44-22-31-33(47-24(2)40)34(48-25(3)41)35(49-26(4)42)37(50-31)46-21-30(36(43)45-20-27-14-8-5-9-15-27)38-32(28-16-10-6-11-17-28)29-18-12-7-13-19-29/h5-19,30-31,33-35,37H,20-22H2,1-4H3/t30-,31+,33-,34-,35+,37+/m0/s1. The Kier molecular flexibility index (Phi) is 13.8. The van der Waals surface area contributed by atoms with Gasteiger partial charge in [-0.1, -0.05) is 91.0 Å². The Morgan fingerprint density at radius 1 is 0.640 bits per heavy atom. The van der Waals surface area contributed by atoms with E-state index in [1.807, 2.05) is 78.9 Å². The van der Waals surface area contributed by atoms with Gasteiger partial charge in [-0.2, -0.15) is 0 Å². The third-order valence-corrected chi connectivity index (χ3v) is 7.24. The lowest BCUT2D eigenvalue weighted by molar-refractivity contribution is -0.308. The Balaban J connectivity index is 1.73. The third kappa shape index (κ3) is 11.1. The number of esters is 5. The largest absolute Gasteiger partial charge is 0.463 e. The molecule has 0 aliphatic carbocycles. The molecule has 0 N–H and O–H groups in total. The Morgan fingerprint density at radius 3 is 1.66 bits per heavy atom. The van der Waals surface area contributed by atoms with Crippen LogP contribution in [0.15, 0.2) is 96.0 Å². The molecule has 0 spiro atoms. The van der Waals surface area contributed by atoms with Crippen LogP contribution in [-0.4, -0.2) is 85.5 Å². The van der Waals surface area contributed by atoms with E-state index in [9.17, 15) is 24.0 Å². The van der Waals surface area contributed by atoms with Crippen LogP contribution in [-0.2, 0) is 63.7 Å². The van der Waals surface area contributed by atoms with Gasteiger partial charge in [-0.3, -0.25) is 24.2 Å². The first kappa shape index (κ1) is 37.4. The van der Waals surface area contributed by atoms with Crippen molar-refractivity contribution >= 4 is 35.6 Å². The van der Waals surface area contributed by atoms with Gasteiger partial charge in [-0.25, -0.2) is 4.79 Å². The number of carbonyl (C=O) groups is 5. The Labute approximate surface area is 289 Å².